The predicted molar refractivity (Wildman–Crippen MR) is 156 cm³/mol. The van der Waals surface area contributed by atoms with Crippen LogP contribution in [0.4, 0.5) is 5.69 Å². The molecule has 3 rings (SSSR count). The molecule has 208 valence electrons. The summed E-state index contributed by atoms with van der Waals surface area (Å²) in [4.78, 5) is 28.7. The molecule has 0 saturated carbocycles. The van der Waals surface area contributed by atoms with Crippen LogP contribution in [0.1, 0.15) is 49.4 Å². The topological polar surface area (TPSA) is 86.8 Å². The quantitative estimate of drug-likeness (QED) is 0.359. The molecule has 8 heteroatoms. The maximum atomic E-state index is 14.0. The van der Waals surface area contributed by atoms with Crippen LogP contribution in [0.25, 0.3) is 0 Å². The first-order valence-corrected chi connectivity index (χ1v) is 14.7. The van der Waals surface area contributed by atoms with E-state index in [1.165, 1.54) is 4.90 Å². The van der Waals surface area contributed by atoms with Crippen LogP contribution < -0.4 is 9.62 Å². The molecule has 0 spiro atoms. The zero-order chi connectivity index (χ0) is 28.7. The molecule has 2 atom stereocenters. The maximum Gasteiger partial charge on any atom is 0.264 e. The van der Waals surface area contributed by atoms with Crippen LogP contribution in [-0.4, -0.2) is 43.8 Å². The fraction of sp³-hybridized carbons (Fsp3) is 0.355. The van der Waals surface area contributed by atoms with Gasteiger partial charge in [-0.05, 0) is 75.9 Å². The van der Waals surface area contributed by atoms with Crippen molar-refractivity contribution in [3.63, 3.8) is 0 Å². The van der Waals surface area contributed by atoms with Gasteiger partial charge in [-0.25, -0.2) is 8.42 Å². The third-order valence-electron chi connectivity index (χ3n) is 7.04. The zero-order valence-corrected chi connectivity index (χ0v) is 24.5. The number of para-hydroxylation sites is 1. The molecule has 2 amide bonds. The number of benzene rings is 3. The zero-order valence-electron chi connectivity index (χ0n) is 23.6. The number of aryl methyl sites for hydroxylation is 3. The summed E-state index contributed by atoms with van der Waals surface area (Å²) in [5.41, 5.74) is 3.93. The maximum absolute atomic E-state index is 14.0. The van der Waals surface area contributed by atoms with Gasteiger partial charge in [0.1, 0.15) is 12.6 Å². The van der Waals surface area contributed by atoms with Gasteiger partial charge < -0.3 is 10.2 Å². The molecule has 3 aromatic carbocycles. The lowest BCUT2D eigenvalue weighted by Crippen LogP contribution is -2.52. The van der Waals surface area contributed by atoms with E-state index in [0.717, 1.165) is 27.4 Å². The largest absolute Gasteiger partial charge is 0.352 e. The first-order chi connectivity index (χ1) is 18.4. The van der Waals surface area contributed by atoms with Gasteiger partial charge in [-0.15, -0.1) is 0 Å². The van der Waals surface area contributed by atoms with Crippen molar-refractivity contribution in [3.8, 4) is 0 Å². The average molecular weight is 550 g/mol. The Morgan fingerprint density at radius 1 is 0.846 bits per heavy atom. The predicted octanol–water partition coefficient (Wildman–Crippen LogP) is 5.14. The fourth-order valence-corrected chi connectivity index (χ4v) is 5.69. The van der Waals surface area contributed by atoms with Crippen molar-refractivity contribution >= 4 is 27.5 Å². The van der Waals surface area contributed by atoms with Crippen LogP contribution >= 0.6 is 0 Å². The van der Waals surface area contributed by atoms with Gasteiger partial charge in [0.15, 0.2) is 0 Å². The third kappa shape index (κ3) is 7.26. The minimum absolute atomic E-state index is 0.0549. The Morgan fingerprint density at radius 2 is 1.44 bits per heavy atom. The highest BCUT2D eigenvalue weighted by atomic mass is 32.2. The van der Waals surface area contributed by atoms with Gasteiger partial charge in [0.2, 0.25) is 11.8 Å². The highest BCUT2D eigenvalue weighted by molar-refractivity contribution is 7.92. The molecule has 0 bridgehead atoms. The highest BCUT2D eigenvalue weighted by Gasteiger charge is 2.33. The van der Waals surface area contributed by atoms with E-state index < -0.39 is 28.5 Å². The Labute approximate surface area is 232 Å². The second kappa shape index (κ2) is 12.9. The second-order valence-corrected chi connectivity index (χ2v) is 11.9. The van der Waals surface area contributed by atoms with Crippen molar-refractivity contribution < 1.29 is 18.0 Å². The normalized spacial score (nSPS) is 12.9. The van der Waals surface area contributed by atoms with Gasteiger partial charge in [-0.1, -0.05) is 67.1 Å². The number of hydrogen-bond acceptors (Lipinski definition) is 4. The summed E-state index contributed by atoms with van der Waals surface area (Å²) in [6, 6.07) is 20.4. The van der Waals surface area contributed by atoms with Crippen molar-refractivity contribution in [2.75, 3.05) is 10.8 Å². The molecule has 0 fully saturated rings. The highest BCUT2D eigenvalue weighted by Crippen LogP contribution is 2.27. The van der Waals surface area contributed by atoms with E-state index in [0.29, 0.717) is 11.3 Å². The van der Waals surface area contributed by atoms with Gasteiger partial charge in [0, 0.05) is 12.6 Å². The second-order valence-electron chi connectivity index (χ2n) is 10.1. The first kappa shape index (κ1) is 29.9. The van der Waals surface area contributed by atoms with Crippen LogP contribution in [0.2, 0.25) is 0 Å². The molecule has 3 aromatic rings. The number of hydrogen-bond donors (Lipinski definition) is 1. The molecule has 39 heavy (non-hydrogen) atoms. The van der Waals surface area contributed by atoms with E-state index >= 15 is 0 Å². The summed E-state index contributed by atoms with van der Waals surface area (Å²) in [6.07, 6.45) is 0.750. The molecule has 0 aliphatic rings. The lowest BCUT2D eigenvalue weighted by atomic mass is 10.1. The number of nitrogens with one attached hydrogen (secondary N) is 1. The summed E-state index contributed by atoms with van der Waals surface area (Å²) in [7, 11) is -4.09. The van der Waals surface area contributed by atoms with Crippen molar-refractivity contribution in [2.24, 2.45) is 0 Å². The van der Waals surface area contributed by atoms with Gasteiger partial charge >= 0.3 is 0 Å². The number of anilines is 1. The molecule has 0 saturated heterocycles. The van der Waals surface area contributed by atoms with Gasteiger partial charge in [-0.3, -0.25) is 13.9 Å². The number of sulfonamides is 1. The van der Waals surface area contributed by atoms with Crippen LogP contribution in [-0.2, 0) is 26.2 Å². The SMILES string of the molecule is CC[C@H](C)NC(=O)[C@@H](C)N(Cc1ccccc1C)C(=O)CN(c1ccccc1C)S(=O)(=O)c1ccc(C)cc1. The molecule has 0 unspecified atom stereocenters. The Balaban J connectivity index is 2.05. The summed E-state index contributed by atoms with van der Waals surface area (Å²) in [5.74, 6) is -0.751. The first-order valence-electron chi connectivity index (χ1n) is 13.2. The number of carbonyl (C=O) groups excluding carboxylic acids is 2. The molecule has 0 aliphatic carbocycles. The Kier molecular flexibility index (Phi) is 9.92. The number of rotatable bonds is 11. The lowest BCUT2D eigenvalue weighted by Gasteiger charge is -2.33. The summed E-state index contributed by atoms with van der Waals surface area (Å²) >= 11 is 0. The third-order valence-corrected chi connectivity index (χ3v) is 8.82. The molecule has 0 heterocycles. The van der Waals surface area contributed by atoms with E-state index in [-0.39, 0.29) is 23.4 Å². The van der Waals surface area contributed by atoms with Crippen LogP contribution in [0.5, 0.6) is 0 Å². The van der Waals surface area contributed by atoms with Gasteiger partial charge in [-0.2, -0.15) is 0 Å². The van der Waals surface area contributed by atoms with E-state index in [1.807, 2.05) is 71.0 Å². The van der Waals surface area contributed by atoms with E-state index in [2.05, 4.69) is 5.32 Å². The van der Waals surface area contributed by atoms with Crippen LogP contribution in [0.3, 0.4) is 0 Å². The summed E-state index contributed by atoms with van der Waals surface area (Å²) in [6.45, 7) is 10.9. The van der Waals surface area contributed by atoms with Crippen molar-refractivity contribution in [1.29, 1.82) is 0 Å². The number of amides is 2. The lowest BCUT2D eigenvalue weighted by molar-refractivity contribution is -0.139. The fourth-order valence-electron chi connectivity index (χ4n) is 4.21. The smallest absolute Gasteiger partial charge is 0.264 e. The number of carbonyl (C=O) groups is 2. The molecule has 0 aliphatic heterocycles. The Morgan fingerprint density at radius 3 is 2.03 bits per heavy atom. The number of nitrogens with zero attached hydrogens (tertiary/aromatic N) is 2. The van der Waals surface area contributed by atoms with Crippen LogP contribution in [0.15, 0.2) is 77.7 Å². The van der Waals surface area contributed by atoms with Gasteiger partial charge in [0.05, 0.1) is 10.6 Å². The molecule has 0 aromatic heterocycles. The van der Waals surface area contributed by atoms with E-state index in [9.17, 15) is 18.0 Å². The monoisotopic (exact) mass is 549 g/mol. The standard InChI is InChI=1S/C31H39N3O4S/c1-7-25(5)32-31(36)26(6)33(20-27-14-10-8-12-23(27)3)30(35)21-34(29-15-11-9-13-24(29)4)39(37,38)28-18-16-22(2)17-19-28/h8-19,25-26H,7,20-21H2,1-6H3,(H,32,36)/t25-,26+/m0/s1. The molecular formula is C31H39N3O4S. The van der Waals surface area contributed by atoms with Gasteiger partial charge in [0.25, 0.3) is 10.0 Å². The van der Waals surface area contributed by atoms with Crippen molar-refractivity contribution in [2.45, 2.75) is 71.5 Å². The van der Waals surface area contributed by atoms with Crippen LogP contribution in [0, 0.1) is 20.8 Å². The molecule has 1 N–H and O–H groups in total. The summed E-state index contributed by atoms with van der Waals surface area (Å²) < 4.78 is 29.0. The van der Waals surface area contributed by atoms with Crippen molar-refractivity contribution in [1.82, 2.24) is 10.2 Å². The molecule has 0 radical (unpaired) electrons. The Hall–Kier alpha value is -3.65. The molecular weight excluding hydrogens is 510 g/mol. The minimum atomic E-state index is -4.09. The minimum Gasteiger partial charge on any atom is -0.352 e. The van der Waals surface area contributed by atoms with E-state index in [4.69, 9.17) is 0 Å². The van der Waals surface area contributed by atoms with Crippen molar-refractivity contribution in [3.05, 3.63) is 95.1 Å². The molecule has 7 nitrogen and oxygen atoms in total. The Bertz CT molecular complexity index is 1400. The average Bonchev–Trinajstić information content (AvgIpc) is 2.91. The summed E-state index contributed by atoms with van der Waals surface area (Å²) in [5, 5.41) is 2.96. The van der Waals surface area contributed by atoms with E-state index in [1.54, 1.807) is 43.3 Å².